The lowest BCUT2D eigenvalue weighted by Gasteiger charge is -2.26. The second-order valence-corrected chi connectivity index (χ2v) is 5.13. The van der Waals surface area contributed by atoms with Gasteiger partial charge in [-0.05, 0) is 20.8 Å². The van der Waals surface area contributed by atoms with Crippen molar-refractivity contribution < 1.29 is 19.3 Å². The fourth-order valence-electron chi connectivity index (χ4n) is 1.96. The molecule has 2 rings (SSSR count). The molecule has 0 N–H and O–H groups in total. The van der Waals surface area contributed by atoms with Crippen molar-refractivity contribution in [3.63, 3.8) is 0 Å². The van der Waals surface area contributed by atoms with Crippen molar-refractivity contribution in [1.82, 2.24) is 5.01 Å². The van der Waals surface area contributed by atoms with Gasteiger partial charge in [0.25, 0.3) is 11.4 Å². The number of carbonyl (C=O) groups is 1. The summed E-state index contributed by atoms with van der Waals surface area (Å²) in [4.78, 5) is 27.1. The van der Waals surface area contributed by atoms with Gasteiger partial charge in [-0.25, -0.2) is 14.9 Å². The van der Waals surface area contributed by atoms with E-state index in [1.54, 1.807) is 20.8 Å². The first-order chi connectivity index (χ1) is 8.27. The van der Waals surface area contributed by atoms with Crippen molar-refractivity contribution in [2.24, 2.45) is 4.99 Å². The van der Waals surface area contributed by atoms with Gasteiger partial charge in [0.2, 0.25) is 5.70 Å². The average Bonchev–Trinajstić information content (AvgIpc) is 2.70. The maximum Gasteiger partial charge on any atom is 0.461 e. The van der Waals surface area contributed by atoms with Crippen LogP contribution >= 0.6 is 0 Å². The zero-order valence-electron chi connectivity index (χ0n) is 10.5. The van der Waals surface area contributed by atoms with Crippen LogP contribution in [0.1, 0.15) is 27.2 Å². The standard InChI is InChI=1S/C10H15N4O4/c1-10(2,3)18-9(15)12-5-4-8-6-11-7-14(8,12)13(16)17/h6-7H,4-5H2,1-3H3/q+1. The molecule has 1 fully saturated rings. The topological polar surface area (TPSA) is 85.0 Å². The second-order valence-electron chi connectivity index (χ2n) is 5.13. The second kappa shape index (κ2) is 3.77. The molecule has 0 bridgehead atoms. The highest BCUT2D eigenvalue weighted by Crippen LogP contribution is 2.34. The number of nitrogens with zero attached hydrogens (tertiary/aromatic N) is 4. The summed E-state index contributed by atoms with van der Waals surface area (Å²) in [5, 5.41) is 11.8. The molecular formula is C10H15N4O4+. The zero-order valence-corrected chi connectivity index (χ0v) is 10.5. The fourth-order valence-corrected chi connectivity index (χ4v) is 1.96. The van der Waals surface area contributed by atoms with Gasteiger partial charge in [-0.3, -0.25) is 0 Å². The van der Waals surface area contributed by atoms with Crippen molar-refractivity contribution in [1.29, 1.82) is 0 Å². The summed E-state index contributed by atoms with van der Waals surface area (Å²) in [6.07, 6.45) is 2.26. The highest BCUT2D eigenvalue weighted by molar-refractivity contribution is 5.69. The Morgan fingerprint density at radius 3 is 2.83 bits per heavy atom. The highest BCUT2D eigenvalue weighted by Gasteiger charge is 2.61. The third-order valence-corrected chi connectivity index (χ3v) is 2.67. The SMILES string of the molecule is CC(C)(C)OC(=O)N1CCC2=CN=C[N+]21[N+](=O)[O-]. The first-order valence-corrected chi connectivity index (χ1v) is 5.56. The van der Waals surface area contributed by atoms with E-state index in [4.69, 9.17) is 4.74 Å². The molecule has 0 aromatic rings. The van der Waals surface area contributed by atoms with E-state index in [9.17, 15) is 14.9 Å². The quantitative estimate of drug-likeness (QED) is 0.403. The Bertz CT molecular complexity index is 465. The zero-order chi connectivity index (χ0) is 13.6. The van der Waals surface area contributed by atoms with E-state index in [1.807, 2.05) is 0 Å². The number of aliphatic imine (C=N–C) groups is 1. The lowest BCUT2D eigenvalue weighted by molar-refractivity contribution is -1.30. The Hall–Kier alpha value is -1.96. The van der Waals surface area contributed by atoms with Gasteiger partial charge in [-0.1, -0.05) is 5.01 Å². The van der Waals surface area contributed by atoms with Crippen LogP contribution in [0.2, 0.25) is 0 Å². The summed E-state index contributed by atoms with van der Waals surface area (Å²) in [6, 6.07) is 0. The molecule has 0 aliphatic carbocycles. The first kappa shape index (κ1) is 12.5. The van der Waals surface area contributed by atoms with Crippen LogP contribution in [0, 0.1) is 10.1 Å². The smallest absolute Gasteiger partial charge is 0.440 e. The molecule has 2 aliphatic rings. The molecule has 0 saturated carbocycles. The Morgan fingerprint density at radius 1 is 1.61 bits per heavy atom. The van der Waals surface area contributed by atoms with Gasteiger partial charge >= 0.3 is 6.09 Å². The van der Waals surface area contributed by atoms with Crippen LogP contribution < -0.4 is 0 Å². The van der Waals surface area contributed by atoms with Crippen LogP contribution in [0.25, 0.3) is 0 Å². The van der Waals surface area contributed by atoms with Gasteiger partial charge in [0.15, 0.2) is 0 Å². The monoisotopic (exact) mass is 255 g/mol. The van der Waals surface area contributed by atoms with E-state index in [2.05, 4.69) is 4.99 Å². The molecule has 1 saturated heterocycles. The molecule has 0 aromatic heterocycles. The van der Waals surface area contributed by atoms with Crippen molar-refractivity contribution in [2.75, 3.05) is 6.54 Å². The average molecular weight is 255 g/mol. The van der Waals surface area contributed by atoms with Gasteiger partial charge in [-0.2, -0.15) is 4.99 Å². The number of nitro groups is 1. The van der Waals surface area contributed by atoms with E-state index in [1.165, 1.54) is 6.20 Å². The molecule has 0 aromatic carbocycles. The molecule has 2 heterocycles. The predicted molar refractivity (Wildman–Crippen MR) is 61.4 cm³/mol. The van der Waals surface area contributed by atoms with Crippen LogP contribution in [0.4, 0.5) is 4.79 Å². The molecule has 2 aliphatic heterocycles. The summed E-state index contributed by atoms with van der Waals surface area (Å²) in [5.74, 6) is 0. The summed E-state index contributed by atoms with van der Waals surface area (Å²) in [5.41, 5.74) is -0.230. The maximum atomic E-state index is 12.0. The molecule has 0 radical (unpaired) electrons. The minimum atomic E-state index is -0.880. The Kier molecular flexibility index (Phi) is 2.62. The molecule has 0 spiro atoms. The van der Waals surface area contributed by atoms with Crippen LogP contribution in [0.3, 0.4) is 0 Å². The van der Waals surface area contributed by atoms with Crippen molar-refractivity contribution >= 4 is 12.4 Å². The van der Waals surface area contributed by atoms with Crippen molar-refractivity contribution in [3.05, 3.63) is 22.0 Å². The minimum Gasteiger partial charge on any atom is -0.440 e. The molecular weight excluding hydrogens is 240 g/mol. The number of hydrogen-bond donors (Lipinski definition) is 0. The molecule has 18 heavy (non-hydrogen) atoms. The summed E-state index contributed by atoms with van der Waals surface area (Å²) in [6.45, 7) is 5.39. The van der Waals surface area contributed by atoms with E-state index in [0.29, 0.717) is 12.1 Å². The highest BCUT2D eigenvalue weighted by atomic mass is 16.7. The number of hydrogen-bond acceptors (Lipinski definition) is 5. The van der Waals surface area contributed by atoms with Gasteiger partial charge in [0.1, 0.15) is 10.3 Å². The lowest BCUT2D eigenvalue weighted by Crippen LogP contribution is -2.59. The Balaban J connectivity index is 2.29. The van der Waals surface area contributed by atoms with Gasteiger partial charge in [0, 0.05) is 0 Å². The molecule has 8 nitrogen and oxygen atoms in total. The Morgan fingerprint density at radius 2 is 2.28 bits per heavy atom. The lowest BCUT2D eigenvalue weighted by atomic mass is 10.2. The van der Waals surface area contributed by atoms with E-state index in [0.717, 1.165) is 11.3 Å². The summed E-state index contributed by atoms with van der Waals surface area (Å²) >= 11 is 0. The number of ether oxygens (including phenoxy) is 1. The summed E-state index contributed by atoms with van der Waals surface area (Å²) in [7, 11) is 0. The van der Waals surface area contributed by atoms with Crippen LogP contribution in [0.15, 0.2) is 16.9 Å². The molecule has 1 atom stereocenters. The van der Waals surface area contributed by atoms with Gasteiger partial charge in [-0.15, -0.1) is 0 Å². The largest absolute Gasteiger partial charge is 0.461 e. The van der Waals surface area contributed by atoms with E-state index >= 15 is 0 Å². The Labute approximate surface area is 104 Å². The van der Waals surface area contributed by atoms with E-state index in [-0.39, 0.29) is 6.54 Å². The minimum absolute atomic E-state index is 0.244. The van der Waals surface area contributed by atoms with Gasteiger partial charge in [0.05, 0.1) is 19.2 Å². The normalized spacial score (nSPS) is 25.9. The molecule has 98 valence electrons. The maximum absolute atomic E-state index is 12.0. The van der Waals surface area contributed by atoms with Crippen molar-refractivity contribution in [2.45, 2.75) is 32.8 Å². The number of carbonyl (C=O) groups excluding carboxylic acids is 1. The van der Waals surface area contributed by atoms with Crippen LogP contribution in [0.5, 0.6) is 0 Å². The number of fused-ring (bicyclic) bond motifs is 1. The predicted octanol–water partition coefficient (Wildman–Crippen LogP) is 1.43. The molecule has 1 amide bonds. The van der Waals surface area contributed by atoms with Crippen molar-refractivity contribution in [3.8, 4) is 0 Å². The third kappa shape index (κ3) is 1.74. The van der Waals surface area contributed by atoms with E-state index < -0.39 is 21.4 Å². The van der Waals surface area contributed by atoms with Crippen LogP contribution in [-0.2, 0) is 4.74 Å². The summed E-state index contributed by atoms with van der Waals surface area (Å²) < 4.78 is 4.30. The van der Waals surface area contributed by atoms with Crippen LogP contribution in [-0.4, -0.2) is 39.3 Å². The first-order valence-electron chi connectivity index (χ1n) is 5.56. The molecule has 8 heteroatoms. The fraction of sp³-hybridized carbons (Fsp3) is 0.600. The number of rotatable bonds is 1. The third-order valence-electron chi connectivity index (χ3n) is 2.67. The molecule has 1 unspecified atom stereocenters. The number of amides is 1. The van der Waals surface area contributed by atoms with Gasteiger partial charge < -0.3 is 4.74 Å². The number of quaternary nitrogens is 1.